The Morgan fingerprint density at radius 1 is 1.29 bits per heavy atom. The molecule has 3 aliphatic rings. The smallest absolute Gasteiger partial charge is 0.237 e. The Kier molecular flexibility index (Phi) is 5.20. The molecular formula is C20H26N2O2. The normalized spacial score (nSPS) is 29.7. The van der Waals surface area contributed by atoms with Gasteiger partial charge in [-0.15, -0.1) is 0 Å². The van der Waals surface area contributed by atoms with E-state index in [-0.39, 0.29) is 12.5 Å². The Labute approximate surface area is 143 Å². The largest absolute Gasteiger partial charge is 0.394 e. The monoisotopic (exact) mass is 326 g/mol. The summed E-state index contributed by atoms with van der Waals surface area (Å²) in [6, 6.07) is 12.1. The summed E-state index contributed by atoms with van der Waals surface area (Å²) in [7, 11) is 0. The van der Waals surface area contributed by atoms with Crippen molar-refractivity contribution >= 4 is 5.91 Å². The van der Waals surface area contributed by atoms with Crippen LogP contribution in [0.4, 0.5) is 0 Å². The molecular weight excluding hydrogens is 300 g/mol. The van der Waals surface area contributed by atoms with E-state index in [2.05, 4.69) is 11.4 Å². The van der Waals surface area contributed by atoms with E-state index in [0.717, 1.165) is 24.8 Å². The van der Waals surface area contributed by atoms with Gasteiger partial charge in [0.05, 0.1) is 18.2 Å². The Morgan fingerprint density at radius 3 is 2.54 bits per heavy atom. The zero-order valence-corrected chi connectivity index (χ0v) is 14.1. The van der Waals surface area contributed by atoms with Crippen molar-refractivity contribution in [2.45, 2.75) is 50.5 Å². The number of nitrogens with one attached hydrogen (secondary N) is 1. The minimum Gasteiger partial charge on any atom is -0.394 e. The maximum atomic E-state index is 12.7. The Balaban J connectivity index is 1.62. The molecule has 1 amide bonds. The molecule has 0 saturated heterocycles. The lowest BCUT2D eigenvalue weighted by Gasteiger charge is -2.51. The summed E-state index contributed by atoms with van der Waals surface area (Å²) >= 11 is 0. The van der Waals surface area contributed by atoms with E-state index in [1.54, 1.807) is 0 Å². The maximum absolute atomic E-state index is 12.7. The number of rotatable bonds is 6. The average Bonchev–Trinajstić information content (AvgIpc) is 2.64. The highest BCUT2D eigenvalue weighted by molar-refractivity contribution is 5.82. The number of carbonyl (C=O) groups excluding carboxylic acids is 1. The molecule has 2 bridgehead atoms. The number of benzene rings is 1. The molecule has 2 atom stereocenters. The first kappa shape index (κ1) is 17.0. The molecule has 24 heavy (non-hydrogen) atoms. The highest BCUT2D eigenvalue weighted by atomic mass is 16.3. The number of aliphatic hydroxyl groups excluding tert-OH is 1. The topological polar surface area (TPSA) is 73.1 Å². The number of aryl methyl sites for hydroxylation is 1. The number of nitrogens with zero attached hydrogens (tertiary/aromatic N) is 1. The first-order chi connectivity index (χ1) is 11.7. The van der Waals surface area contributed by atoms with E-state index in [1.807, 2.05) is 30.3 Å². The van der Waals surface area contributed by atoms with Gasteiger partial charge in [-0.1, -0.05) is 43.2 Å². The van der Waals surface area contributed by atoms with Crippen LogP contribution in [0.1, 0.15) is 44.1 Å². The lowest BCUT2D eigenvalue weighted by molar-refractivity contribution is -0.129. The van der Waals surface area contributed by atoms with Crippen molar-refractivity contribution in [3.05, 3.63) is 35.9 Å². The quantitative estimate of drug-likeness (QED) is 0.844. The second-order valence-corrected chi connectivity index (χ2v) is 7.43. The fraction of sp³-hybridized carbons (Fsp3) is 0.600. The molecule has 3 aliphatic carbocycles. The standard InChI is InChI=1S/C20H26N2O2/c21-13-17(9-6-15-4-2-1-3-5-15)19(24)22-20(14-23)12-16-7-10-18(20)11-8-16/h1-5,16-18,23H,6-12,14H2,(H,22,24). The second kappa shape index (κ2) is 7.36. The molecule has 0 radical (unpaired) electrons. The van der Waals surface area contributed by atoms with Gasteiger partial charge in [-0.05, 0) is 49.5 Å². The third-order valence-corrected chi connectivity index (χ3v) is 5.97. The number of hydrogen-bond acceptors (Lipinski definition) is 3. The van der Waals surface area contributed by atoms with Crippen LogP contribution < -0.4 is 5.32 Å². The van der Waals surface area contributed by atoms with Gasteiger partial charge in [-0.25, -0.2) is 0 Å². The van der Waals surface area contributed by atoms with E-state index in [1.165, 1.54) is 12.8 Å². The Bertz CT molecular complexity index is 602. The fourth-order valence-corrected chi connectivity index (χ4v) is 4.53. The van der Waals surface area contributed by atoms with Crippen LogP contribution in [0, 0.1) is 29.1 Å². The third kappa shape index (κ3) is 3.47. The lowest BCUT2D eigenvalue weighted by Crippen LogP contribution is -2.62. The number of hydrogen-bond donors (Lipinski definition) is 2. The molecule has 0 aromatic heterocycles. The Hall–Kier alpha value is -1.86. The maximum Gasteiger partial charge on any atom is 0.237 e. The lowest BCUT2D eigenvalue weighted by atomic mass is 9.60. The summed E-state index contributed by atoms with van der Waals surface area (Å²) in [6.45, 7) is -0.0171. The average molecular weight is 326 g/mol. The highest BCUT2D eigenvalue weighted by Crippen LogP contribution is 2.47. The van der Waals surface area contributed by atoms with Gasteiger partial charge in [0.25, 0.3) is 0 Å². The van der Waals surface area contributed by atoms with Gasteiger partial charge in [0.2, 0.25) is 5.91 Å². The zero-order chi connectivity index (χ0) is 17.0. The first-order valence-electron chi connectivity index (χ1n) is 9.03. The molecule has 2 N–H and O–H groups in total. The van der Waals surface area contributed by atoms with Crippen molar-refractivity contribution in [3.8, 4) is 6.07 Å². The number of nitriles is 1. The molecule has 1 aromatic carbocycles. The van der Waals surface area contributed by atoms with Gasteiger partial charge in [-0.2, -0.15) is 5.26 Å². The van der Waals surface area contributed by atoms with Crippen LogP contribution in [-0.4, -0.2) is 23.2 Å². The summed E-state index contributed by atoms with van der Waals surface area (Å²) in [5.41, 5.74) is 0.638. The summed E-state index contributed by atoms with van der Waals surface area (Å²) in [6.07, 6.45) is 6.65. The molecule has 128 valence electrons. The van der Waals surface area contributed by atoms with Crippen LogP contribution in [-0.2, 0) is 11.2 Å². The van der Waals surface area contributed by atoms with E-state index in [4.69, 9.17) is 0 Å². The predicted octanol–water partition coefficient (Wildman–Crippen LogP) is 2.82. The summed E-state index contributed by atoms with van der Waals surface area (Å²) < 4.78 is 0. The van der Waals surface area contributed by atoms with Crippen molar-refractivity contribution in [3.63, 3.8) is 0 Å². The van der Waals surface area contributed by atoms with Gasteiger partial charge in [0, 0.05) is 0 Å². The number of fused-ring (bicyclic) bond motifs is 3. The molecule has 4 heteroatoms. The number of amides is 1. The molecule has 0 aliphatic heterocycles. The van der Waals surface area contributed by atoms with Crippen molar-refractivity contribution < 1.29 is 9.90 Å². The minimum atomic E-state index is -0.658. The van der Waals surface area contributed by atoms with Crippen molar-refractivity contribution in [2.75, 3.05) is 6.61 Å². The van der Waals surface area contributed by atoms with Crippen LogP contribution in [0.25, 0.3) is 0 Å². The van der Waals surface area contributed by atoms with Crippen molar-refractivity contribution in [1.29, 1.82) is 5.26 Å². The molecule has 1 aromatic rings. The molecule has 4 rings (SSSR count). The van der Waals surface area contributed by atoms with Crippen LogP contribution in [0.5, 0.6) is 0 Å². The second-order valence-electron chi connectivity index (χ2n) is 7.43. The van der Waals surface area contributed by atoms with E-state index in [9.17, 15) is 15.2 Å². The molecule has 0 spiro atoms. The van der Waals surface area contributed by atoms with Gasteiger partial charge in [0.15, 0.2) is 0 Å². The first-order valence-corrected chi connectivity index (χ1v) is 9.03. The summed E-state index contributed by atoms with van der Waals surface area (Å²) in [5, 5.41) is 22.5. The number of aliphatic hydroxyl groups is 1. The third-order valence-electron chi connectivity index (χ3n) is 5.97. The van der Waals surface area contributed by atoms with Crippen LogP contribution in [0.2, 0.25) is 0 Å². The molecule has 0 heterocycles. The van der Waals surface area contributed by atoms with E-state index < -0.39 is 11.5 Å². The fourth-order valence-electron chi connectivity index (χ4n) is 4.53. The Morgan fingerprint density at radius 2 is 2.00 bits per heavy atom. The minimum absolute atomic E-state index is 0.0171. The molecule has 4 nitrogen and oxygen atoms in total. The van der Waals surface area contributed by atoms with Crippen molar-refractivity contribution in [2.24, 2.45) is 17.8 Å². The van der Waals surface area contributed by atoms with E-state index >= 15 is 0 Å². The van der Waals surface area contributed by atoms with Gasteiger partial charge in [0.1, 0.15) is 5.92 Å². The van der Waals surface area contributed by atoms with Crippen LogP contribution in [0.3, 0.4) is 0 Å². The van der Waals surface area contributed by atoms with Gasteiger partial charge >= 0.3 is 0 Å². The van der Waals surface area contributed by atoms with Gasteiger partial charge < -0.3 is 10.4 Å². The number of carbonyl (C=O) groups is 1. The summed E-state index contributed by atoms with van der Waals surface area (Å²) in [5.74, 6) is 0.0846. The van der Waals surface area contributed by atoms with Crippen LogP contribution >= 0.6 is 0 Å². The predicted molar refractivity (Wildman–Crippen MR) is 91.9 cm³/mol. The molecule has 3 saturated carbocycles. The highest BCUT2D eigenvalue weighted by Gasteiger charge is 2.48. The van der Waals surface area contributed by atoms with Gasteiger partial charge in [-0.3, -0.25) is 4.79 Å². The molecule has 3 fully saturated rings. The van der Waals surface area contributed by atoms with E-state index in [0.29, 0.717) is 24.7 Å². The SMILES string of the molecule is N#CC(CCc1ccccc1)C(=O)NC1(CO)CC2CCC1CC2. The van der Waals surface area contributed by atoms with Crippen LogP contribution in [0.15, 0.2) is 30.3 Å². The summed E-state index contributed by atoms with van der Waals surface area (Å²) in [4.78, 5) is 12.7. The molecule has 2 unspecified atom stereocenters. The zero-order valence-electron chi connectivity index (χ0n) is 14.1. The van der Waals surface area contributed by atoms with Crippen molar-refractivity contribution in [1.82, 2.24) is 5.32 Å².